The lowest BCUT2D eigenvalue weighted by Crippen LogP contribution is -2.23. The first kappa shape index (κ1) is 17.4. The number of rotatable bonds is 5. The Morgan fingerprint density at radius 2 is 1.80 bits per heavy atom. The van der Waals surface area contributed by atoms with E-state index in [9.17, 15) is 13.6 Å². The van der Waals surface area contributed by atoms with Crippen molar-refractivity contribution in [2.45, 2.75) is 17.9 Å². The van der Waals surface area contributed by atoms with E-state index in [4.69, 9.17) is 0 Å². The Bertz CT molecular complexity index is 913. The summed E-state index contributed by atoms with van der Waals surface area (Å²) >= 11 is 1.47. The zero-order valence-corrected chi connectivity index (χ0v) is 14.4. The SMILES string of the molecule is CC(SCc1ccc2ccccc2c1)C(=O)Nc1ccc(F)cc1F. The maximum absolute atomic E-state index is 13.6. The van der Waals surface area contributed by atoms with Crippen molar-refractivity contribution < 1.29 is 13.6 Å². The van der Waals surface area contributed by atoms with Gasteiger partial charge < -0.3 is 5.32 Å². The van der Waals surface area contributed by atoms with Crippen LogP contribution >= 0.6 is 11.8 Å². The molecule has 3 aromatic rings. The van der Waals surface area contributed by atoms with Crippen LogP contribution in [0.1, 0.15) is 12.5 Å². The number of hydrogen-bond acceptors (Lipinski definition) is 2. The van der Waals surface area contributed by atoms with E-state index in [0.29, 0.717) is 5.75 Å². The Hall–Kier alpha value is -2.40. The number of thioether (sulfide) groups is 1. The van der Waals surface area contributed by atoms with Crippen LogP contribution in [0.25, 0.3) is 10.8 Å². The van der Waals surface area contributed by atoms with Crippen LogP contribution in [0.5, 0.6) is 0 Å². The molecule has 0 saturated carbocycles. The Kier molecular flexibility index (Phi) is 5.34. The summed E-state index contributed by atoms with van der Waals surface area (Å²) in [4.78, 5) is 12.2. The number of anilines is 1. The molecule has 25 heavy (non-hydrogen) atoms. The fourth-order valence-corrected chi connectivity index (χ4v) is 3.28. The van der Waals surface area contributed by atoms with Gasteiger partial charge in [0.2, 0.25) is 5.91 Å². The maximum atomic E-state index is 13.6. The van der Waals surface area contributed by atoms with Crippen molar-refractivity contribution in [2.75, 3.05) is 5.32 Å². The van der Waals surface area contributed by atoms with E-state index < -0.39 is 11.6 Å². The van der Waals surface area contributed by atoms with Gasteiger partial charge in [0, 0.05) is 11.8 Å². The molecule has 1 N–H and O–H groups in total. The molecule has 0 radical (unpaired) electrons. The quantitative estimate of drug-likeness (QED) is 0.664. The standard InChI is InChI=1S/C20H17F2NOS/c1-13(20(24)23-19-9-8-17(21)11-18(19)22)25-12-14-6-7-15-4-2-3-5-16(15)10-14/h2-11,13H,12H2,1H3,(H,23,24). The predicted octanol–water partition coefficient (Wildman–Crippen LogP) is 5.38. The van der Waals surface area contributed by atoms with Gasteiger partial charge in [-0.3, -0.25) is 4.79 Å². The molecule has 3 aromatic carbocycles. The van der Waals surface area contributed by atoms with E-state index in [1.807, 2.05) is 18.2 Å². The molecule has 0 bridgehead atoms. The van der Waals surface area contributed by atoms with E-state index in [0.717, 1.165) is 23.1 Å². The number of nitrogens with one attached hydrogen (secondary N) is 1. The average molecular weight is 357 g/mol. The van der Waals surface area contributed by atoms with Crippen molar-refractivity contribution in [1.82, 2.24) is 0 Å². The fourth-order valence-electron chi connectivity index (χ4n) is 2.45. The molecule has 0 aliphatic rings. The molecule has 1 amide bonds. The first-order valence-corrected chi connectivity index (χ1v) is 8.93. The van der Waals surface area contributed by atoms with Crippen molar-refractivity contribution in [3.8, 4) is 0 Å². The number of carbonyl (C=O) groups is 1. The highest BCUT2D eigenvalue weighted by atomic mass is 32.2. The van der Waals surface area contributed by atoms with E-state index in [1.54, 1.807) is 6.92 Å². The van der Waals surface area contributed by atoms with E-state index in [1.165, 1.54) is 23.2 Å². The molecule has 3 rings (SSSR count). The second-order valence-electron chi connectivity index (χ2n) is 5.75. The summed E-state index contributed by atoms with van der Waals surface area (Å²) in [6, 6.07) is 17.4. The topological polar surface area (TPSA) is 29.1 Å². The lowest BCUT2D eigenvalue weighted by Gasteiger charge is -2.13. The minimum Gasteiger partial charge on any atom is -0.323 e. The molecular weight excluding hydrogens is 340 g/mol. The van der Waals surface area contributed by atoms with Crippen molar-refractivity contribution in [1.29, 1.82) is 0 Å². The molecule has 0 saturated heterocycles. The number of fused-ring (bicyclic) bond motifs is 1. The molecule has 0 aromatic heterocycles. The van der Waals surface area contributed by atoms with Gasteiger partial charge in [0.25, 0.3) is 0 Å². The third-order valence-corrected chi connectivity index (χ3v) is 5.09. The molecule has 2 nitrogen and oxygen atoms in total. The van der Waals surface area contributed by atoms with E-state index >= 15 is 0 Å². The van der Waals surface area contributed by atoms with Gasteiger partial charge in [-0.05, 0) is 35.4 Å². The predicted molar refractivity (Wildman–Crippen MR) is 99.7 cm³/mol. The first-order chi connectivity index (χ1) is 12.0. The minimum atomic E-state index is -0.778. The molecule has 0 aliphatic carbocycles. The smallest absolute Gasteiger partial charge is 0.237 e. The molecule has 1 atom stereocenters. The van der Waals surface area contributed by atoms with Crippen LogP contribution in [0.3, 0.4) is 0 Å². The largest absolute Gasteiger partial charge is 0.323 e. The summed E-state index contributed by atoms with van der Waals surface area (Å²) in [6.45, 7) is 1.77. The van der Waals surface area contributed by atoms with Crippen molar-refractivity contribution in [3.63, 3.8) is 0 Å². The number of carbonyl (C=O) groups excluding carboxylic acids is 1. The van der Waals surface area contributed by atoms with Crippen molar-refractivity contribution in [2.24, 2.45) is 0 Å². The fraction of sp³-hybridized carbons (Fsp3) is 0.150. The second kappa shape index (κ2) is 7.66. The van der Waals surface area contributed by atoms with Crippen LogP contribution < -0.4 is 5.32 Å². The molecule has 0 aliphatic heterocycles. The lowest BCUT2D eigenvalue weighted by atomic mass is 10.1. The van der Waals surface area contributed by atoms with E-state index in [-0.39, 0.29) is 16.8 Å². The molecule has 0 fully saturated rings. The van der Waals surface area contributed by atoms with Crippen LogP contribution in [0.4, 0.5) is 14.5 Å². The molecule has 0 spiro atoms. The monoisotopic (exact) mass is 357 g/mol. The van der Waals surface area contributed by atoms with Gasteiger partial charge >= 0.3 is 0 Å². The van der Waals surface area contributed by atoms with Crippen LogP contribution in [-0.2, 0) is 10.5 Å². The third-order valence-electron chi connectivity index (χ3n) is 3.87. The molecule has 5 heteroatoms. The molecule has 128 valence electrons. The average Bonchev–Trinajstić information content (AvgIpc) is 2.61. The number of halogens is 2. The van der Waals surface area contributed by atoms with Crippen LogP contribution in [0.2, 0.25) is 0 Å². The van der Waals surface area contributed by atoms with Crippen molar-refractivity contribution in [3.05, 3.63) is 77.9 Å². The van der Waals surface area contributed by atoms with Crippen LogP contribution in [0, 0.1) is 11.6 Å². The normalized spacial score (nSPS) is 12.1. The molecular formula is C20H17F2NOS. The van der Waals surface area contributed by atoms with Crippen molar-refractivity contribution >= 4 is 34.1 Å². The highest BCUT2D eigenvalue weighted by molar-refractivity contribution is 7.99. The van der Waals surface area contributed by atoms with Gasteiger partial charge in [0.1, 0.15) is 11.6 Å². The summed E-state index contributed by atoms with van der Waals surface area (Å²) in [7, 11) is 0. The highest BCUT2D eigenvalue weighted by Crippen LogP contribution is 2.23. The Balaban J connectivity index is 1.60. The summed E-state index contributed by atoms with van der Waals surface area (Å²) in [5.74, 6) is -1.09. The lowest BCUT2D eigenvalue weighted by molar-refractivity contribution is -0.115. The number of hydrogen-bond donors (Lipinski definition) is 1. The minimum absolute atomic E-state index is 0.00967. The first-order valence-electron chi connectivity index (χ1n) is 7.88. The third kappa shape index (κ3) is 4.37. The Morgan fingerprint density at radius 3 is 2.56 bits per heavy atom. The Labute approximate surface area is 149 Å². The molecule has 0 heterocycles. The van der Waals surface area contributed by atoms with Gasteiger partial charge in [-0.2, -0.15) is 0 Å². The zero-order valence-electron chi connectivity index (χ0n) is 13.6. The van der Waals surface area contributed by atoms with Gasteiger partial charge in [0.05, 0.1) is 10.9 Å². The summed E-state index contributed by atoms with van der Waals surface area (Å²) in [5.41, 5.74) is 1.11. The summed E-state index contributed by atoms with van der Waals surface area (Å²) in [6.07, 6.45) is 0. The maximum Gasteiger partial charge on any atom is 0.237 e. The molecule has 1 unspecified atom stereocenters. The summed E-state index contributed by atoms with van der Waals surface area (Å²) in [5, 5.41) is 4.47. The number of benzene rings is 3. The Morgan fingerprint density at radius 1 is 1.04 bits per heavy atom. The van der Waals surface area contributed by atoms with Gasteiger partial charge in [-0.15, -0.1) is 11.8 Å². The highest BCUT2D eigenvalue weighted by Gasteiger charge is 2.15. The van der Waals surface area contributed by atoms with E-state index in [2.05, 4.69) is 29.6 Å². The van der Waals surface area contributed by atoms with Crippen LogP contribution in [0.15, 0.2) is 60.7 Å². The van der Waals surface area contributed by atoms with Gasteiger partial charge in [-0.25, -0.2) is 8.78 Å². The van der Waals surface area contributed by atoms with Gasteiger partial charge in [0.15, 0.2) is 0 Å². The second-order valence-corrected chi connectivity index (χ2v) is 7.08. The zero-order chi connectivity index (χ0) is 17.8. The van der Waals surface area contributed by atoms with Gasteiger partial charge in [-0.1, -0.05) is 42.5 Å². The van der Waals surface area contributed by atoms with Crippen LogP contribution in [-0.4, -0.2) is 11.2 Å². The number of amides is 1. The summed E-state index contributed by atoms with van der Waals surface area (Å²) < 4.78 is 26.5.